The fourth-order valence-electron chi connectivity index (χ4n) is 1.16. The van der Waals surface area contributed by atoms with Crippen molar-refractivity contribution >= 4 is 33.6 Å². The molecule has 98 valence electrons. The van der Waals surface area contributed by atoms with Gasteiger partial charge in [0.05, 0.1) is 11.0 Å². The average Bonchev–Trinajstić information content (AvgIpc) is 2.31. The Morgan fingerprint density at radius 2 is 2.11 bits per heavy atom. The molecule has 7 heteroatoms. The highest BCUT2D eigenvalue weighted by atomic mass is 79.9. The van der Waals surface area contributed by atoms with Crippen LogP contribution in [0.5, 0.6) is 0 Å². The number of nitrogens with one attached hydrogen (secondary N) is 3. The molecule has 0 saturated carbocycles. The molecular weight excluding hydrogens is 305 g/mol. The summed E-state index contributed by atoms with van der Waals surface area (Å²) < 4.78 is 13.5. The topological polar surface area (TPSA) is 70.2 Å². The van der Waals surface area contributed by atoms with Crippen molar-refractivity contribution in [3.8, 4) is 0 Å². The average molecular weight is 318 g/mol. The van der Waals surface area contributed by atoms with Crippen molar-refractivity contribution in [1.29, 1.82) is 0 Å². The van der Waals surface area contributed by atoms with Gasteiger partial charge >= 0.3 is 6.03 Å². The number of benzene rings is 1. The fourth-order valence-corrected chi connectivity index (χ4v) is 1.41. The van der Waals surface area contributed by atoms with Crippen LogP contribution in [0.15, 0.2) is 22.7 Å². The number of hydrogen-bond donors (Lipinski definition) is 3. The van der Waals surface area contributed by atoms with Gasteiger partial charge in [0, 0.05) is 12.2 Å². The summed E-state index contributed by atoms with van der Waals surface area (Å²) in [5, 5.41) is 7.26. The molecule has 0 spiro atoms. The van der Waals surface area contributed by atoms with Gasteiger partial charge in [-0.3, -0.25) is 10.1 Å². The maximum Gasteiger partial charge on any atom is 0.321 e. The van der Waals surface area contributed by atoms with Crippen LogP contribution in [0.4, 0.5) is 14.9 Å². The Morgan fingerprint density at radius 3 is 2.72 bits per heavy atom. The lowest BCUT2D eigenvalue weighted by Gasteiger charge is -2.07. The van der Waals surface area contributed by atoms with Crippen LogP contribution in [0.2, 0.25) is 0 Å². The molecule has 0 aliphatic heterocycles. The van der Waals surface area contributed by atoms with E-state index in [-0.39, 0.29) is 6.54 Å². The van der Waals surface area contributed by atoms with Crippen LogP contribution in [0.25, 0.3) is 0 Å². The molecule has 0 bridgehead atoms. The van der Waals surface area contributed by atoms with Gasteiger partial charge in [0.15, 0.2) is 0 Å². The van der Waals surface area contributed by atoms with Crippen molar-refractivity contribution in [2.24, 2.45) is 0 Å². The minimum absolute atomic E-state index is 0.113. The van der Waals surface area contributed by atoms with Gasteiger partial charge in [0.25, 0.3) is 0 Å². The summed E-state index contributed by atoms with van der Waals surface area (Å²) in [7, 11) is 0. The van der Waals surface area contributed by atoms with Crippen molar-refractivity contribution < 1.29 is 14.0 Å². The van der Waals surface area contributed by atoms with Gasteiger partial charge in [-0.05, 0) is 41.1 Å². The van der Waals surface area contributed by atoms with Gasteiger partial charge in [-0.25, -0.2) is 9.18 Å². The Labute approximate surface area is 112 Å². The second-order valence-electron chi connectivity index (χ2n) is 3.39. The van der Waals surface area contributed by atoms with E-state index in [1.165, 1.54) is 12.1 Å². The van der Waals surface area contributed by atoms with E-state index in [2.05, 4.69) is 31.9 Å². The molecule has 5 nitrogen and oxygen atoms in total. The largest absolute Gasteiger partial charge is 0.376 e. The number of urea groups is 1. The molecule has 0 unspecified atom stereocenters. The third kappa shape index (κ3) is 4.70. The van der Waals surface area contributed by atoms with Crippen LogP contribution in [0.3, 0.4) is 0 Å². The Kier molecular flexibility index (Phi) is 5.57. The van der Waals surface area contributed by atoms with Crippen molar-refractivity contribution in [3.63, 3.8) is 0 Å². The summed E-state index contributed by atoms with van der Waals surface area (Å²) in [6.07, 6.45) is 0. The van der Waals surface area contributed by atoms with E-state index in [9.17, 15) is 14.0 Å². The first-order chi connectivity index (χ1) is 8.52. The molecular formula is C11H13BrFN3O2. The lowest BCUT2D eigenvalue weighted by atomic mass is 10.3. The van der Waals surface area contributed by atoms with Crippen LogP contribution < -0.4 is 16.0 Å². The molecule has 1 aromatic carbocycles. The van der Waals surface area contributed by atoms with Crippen LogP contribution >= 0.6 is 15.9 Å². The van der Waals surface area contributed by atoms with E-state index in [1.807, 2.05) is 0 Å². The zero-order chi connectivity index (χ0) is 13.5. The Bertz CT molecular complexity index is 454. The Morgan fingerprint density at radius 1 is 1.39 bits per heavy atom. The number of carbonyl (C=O) groups excluding carboxylic acids is 2. The number of imide groups is 1. The summed E-state index contributed by atoms with van der Waals surface area (Å²) in [5.74, 6) is -0.923. The summed E-state index contributed by atoms with van der Waals surface area (Å²) >= 11 is 3.02. The fraction of sp³-hybridized carbons (Fsp3) is 0.273. The Hall–Kier alpha value is -1.63. The van der Waals surface area contributed by atoms with E-state index in [4.69, 9.17) is 0 Å². The maximum atomic E-state index is 13.2. The second kappa shape index (κ2) is 6.95. The third-order valence-electron chi connectivity index (χ3n) is 1.96. The molecule has 0 heterocycles. The molecule has 0 aliphatic rings. The quantitative estimate of drug-likeness (QED) is 0.793. The summed E-state index contributed by atoms with van der Waals surface area (Å²) in [6.45, 7) is 2.07. The zero-order valence-electron chi connectivity index (χ0n) is 9.72. The van der Waals surface area contributed by atoms with E-state index < -0.39 is 17.8 Å². The first kappa shape index (κ1) is 14.4. The lowest BCUT2D eigenvalue weighted by molar-refractivity contribution is -0.118. The van der Waals surface area contributed by atoms with Gasteiger partial charge in [0.1, 0.15) is 5.82 Å². The second-order valence-corrected chi connectivity index (χ2v) is 4.24. The lowest BCUT2D eigenvalue weighted by Crippen LogP contribution is -2.41. The van der Waals surface area contributed by atoms with Gasteiger partial charge in [-0.15, -0.1) is 0 Å². The van der Waals surface area contributed by atoms with Crippen molar-refractivity contribution in [3.05, 3.63) is 28.5 Å². The third-order valence-corrected chi connectivity index (χ3v) is 2.61. The van der Waals surface area contributed by atoms with Crippen molar-refractivity contribution in [1.82, 2.24) is 10.6 Å². The number of hydrogen-bond acceptors (Lipinski definition) is 3. The Balaban J connectivity index is 2.42. The van der Waals surface area contributed by atoms with E-state index in [0.717, 1.165) is 0 Å². The number of halogens is 2. The molecule has 0 atom stereocenters. The molecule has 3 amide bonds. The van der Waals surface area contributed by atoms with Crippen molar-refractivity contribution in [2.45, 2.75) is 6.92 Å². The van der Waals surface area contributed by atoms with Gasteiger partial charge in [0.2, 0.25) is 5.91 Å². The van der Waals surface area contributed by atoms with E-state index >= 15 is 0 Å². The van der Waals surface area contributed by atoms with Crippen LogP contribution in [-0.4, -0.2) is 25.0 Å². The first-order valence-electron chi connectivity index (χ1n) is 5.29. The minimum atomic E-state index is -0.550. The maximum absolute atomic E-state index is 13.2. The number of carbonyl (C=O) groups is 2. The highest BCUT2D eigenvalue weighted by Crippen LogP contribution is 2.18. The summed E-state index contributed by atoms with van der Waals surface area (Å²) in [6, 6.07) is 3.85. The first-order valence-corrected chi connectivity index (χ1v) is 6.09. The molecule has 3 N–H and O–H groups in total. The van der Waals surface area contributed by atoms with Crippen LogP contribution in [0, 0.1) is 5.82 Å². The number of anilines is 1. The number of amides is 3. The highest BCUT2D eigenvalue weighted by Gasteiger charge is 2.06. The van der Waals surface area contributed by atoms with Gasteiger partial charge < -0.3 is 10.6 Å². The summed E-state index contributed by atoms with van der Waals surface area (Å²) in [5.41, 5.74) is 0.460. The van der Waals surface area contributed by atoms with E-state index in [0.29, 0.717) is 16.7 Å². The monoisotopic (exact) mass is 317 g/mol. The summed E-state index contributed by atoms with van der Waals surface area (Å²) in [4.78, 5) is 22.3. The SMILES string of the molecule is CCNC(=O)NC(=O)CNc1ccc(Br)c(F)c1. The normalized spacial score (nSPS) is 9.72. The zero-order valence-corrected chi connectivity index (χ0v) is 11.3. The molecule has 0 saturated heterocycles. The minimum Gasteiger partial charge on any atom is -0.376 e. The van der Waals surface area contributed by atoms with Crippen LogP contribution in [0.1, 0.15) is 6.92 Å². The predicted molar refractivity (Wildman–Crippen MR) is 69.8 cm³/mol. The highest BCUT2D eigenvalue weighted by molar-refractivity contribution is 9.10. The van der Waals surface area contributed by atoms with E-state index in [1.54, 1.807) is 13.0 Å². The standard InChI is InChI=1S/C11H13BrFN3O2/c1-2-14-11(18)16-10(17)6-15-7-3-4-8(12)9(13)5-7/h3-5,15H,2,6H2,1H3,(H2,14,16,17,18). The molecule has 1 rings (SSSR count). The van der Waals surface area contributed by atoms with Gasteiger partial charge in [-0.1, -0.05) is 0 Å². The smallest absolute Gasteiger partial charge is 0.321 e. The molecule has 18 heavy (non-hydrogen) atoms. The van der Waals surface area contributed by atoms with Crippen molar-refractivity contribution in [2.75, 3.05) is 18.4 Å². The van der Waals surface area contributed by atoms with Gasteiger partial charge in [-0.2, -0.15) is 0 Å². The molecule has 0 aromatic heterocycles. The molecule has 0 fully saturated rings. The number of rotatable bonds is 4. The molecule has 0 aliphatic carbocycles. The molecule has 1 aromatic rings. The molecule has 0 radical (unpaired) electrons. The van der Waals surface area contributed by atoms with Crippen LogP contribution in [-0.2, 0) is 4.79 Å². The predicted octanol–water partition coefficient (Wildman–Crippen LogP) is 1.85.